The van der Waals surface area contributed by atoms with Crippen LogP contribution in [0.1, 0.15) is 29.3 Å². The standard InChI is InChI=1S/C19H16N2O4/c22-15-9-17-16(23-10-24-17)8-14(15)19-20-18(21-25-19)13-6-5-11-3-1-2-4-12(11)7-13/h1-4,8-9,13,22H,5-7,10H2. The lowest BCUT2D eigenvalue weighted by atomic mass is 9.83. The van der Waals surface area contributed by atoms with E-state index < -0.39 is 0 Å². The Morgan fingerprint density at radius 2 is 1.84 bits per heavy atom. The summed E-state index contributed by atoms with van der Waals surface area (Å²) in [6, 6.07) is 11.7. The van der Waals surface area contributed by atoms with Gasteiger partial charge in [0.15, 0.2) is 17.3 Å². The first-order chi connectivity index (χ1) is 12.3. The maximum Gasteiger partial charge on any atom is 0.261 e. The van der Waals surface area contributed by atoms with E-state index in [2.05, 4.69) is 34.4 Å². The number of hydrogen-bond acceptors (Lipinski definition) is 6. The summed E-state index contributed by atoms with van der Waals surface area (Å²) in [5.74, 6) is 2.33. The van der Waals surface area contributed by atoms with Crippen LogP contribution in [-0.2, 0) is 12.8 Å². The first-order valence-electron chi connectivity index (χ1n) is 8.31. The molecule has 0 saturated carbocycles. The van der Waals surface area contributed by atoms with Gasteiger partial charge in [-0.1, -0.05) is 29.4 Å². The Bertz CT molecular complexity index is 950. The van der Waals surface area contributed by atoms with Gasteiger partial charge in [0, 0.05) is 18.1 Å². The van der Waals surface area contributed by atoms with E-state index in [0.29, 0.717) is 28.8 Å². The van der Waals surface area contributed by atoms with E-state index in [-0.39, 0.29) is 18.5 Å². The second kappa shape index (κ2) is 5.51. The Balaban J connectivity index is 1.45. The minimum absolute atomic E-state index is 0.0356. The van der Waals surface area contributed by atoms with E-state index in [9.17, 15) is 5.11 Å². The Labute approximate surface area is 144 Å². The largest absolute Gasteiger partial charge is 0.507 e. The number of ether oxygens (including phenoxy) is 2. The highest BCUT2D eigenvalue weighted by atomic mass is 16.7. The first-order valence-corrected chi connectivity index (χ1v) is 8.31. The van der Waals surface area contributed by atoms with Crippen LogP contribution < -0.4 is 9.47 Å². The quantitative estimate of drug-likeness (QED) is 0.772. The van der Waals surface area contributed by atoms with Crippen LogP contribution >= 0.6 is 0 Å². The number of fused-ring (bicyclic) bond motifs is 2. The molecule has 6 nitrogen and oxygen atoms in total. The van der Waals surface area contributed by atoms with Crippen molar-refractivity contribution in [3.8, 4) is 28.7 Å². The summed E-state index contributed by atoms with van der Waals surface area (Å²) < 4.78 is 16.0. The summed E-state index contributed by atoms with van der Waals surface area (Å²) in [6.45, 7) is 0.148. The molecule has 0 bridgehead atoms. The van der Waals surface area contributed by atoms with Crippen molar-refractivity contribution in [3.63, 3.8) is 0 Å². The lowest BCUT2D eigenvalue weighted by molar-refractivity contribution is 0.174. The minimum Gasteiger partial charge on any atom is -0.507 e. The molecular weight excluding hydrogens is 320 g/mol. The third-order valence-corrected chi connectivity index (χ3v) is 4.88. The van der Waals surface area contributed by atoms with Gasteiger partial charge in [-0.05, 0) is 30.4 Å². The second-order valence-corrected chi connectivity index (χ2v) is 6.39. The smallest absolute Gasteiger partial charge is 0.261 e. The Kier molecular flexibility index (Phi) is 3.16. The molecule has 0 fully saturated rings. The van der Waals surface area contributed by atoms with Crippen LogP contribution in [0.15, 0.2) is 40.9 Å². The number of rotatable bonds is 2. The fraction of sp³-hybridized carbons (Fsp3) is 0.263. The van der Waals surface area contributed by atoms with Crippen molar-refractivity contribution in [1.29, 1.82) is 0 Å². The molecule has 2 aromatic carbocycles. The molecule has 2 heterocycles. The zero-order valence-electron chi connectivity index (χ0n) is 13.4. The van der Waals surface area contributed by atoms with Gasteiger partial charge in [0.25, 0.3) is 5.89 Å². The number of phenolic OH excluding ortho intramolecular Hbond substituents is 1. The number of aromatic hydroxyl groups is 1. The Morgan fingerprint density at radius 1 is 1.04 bits per heavy atom. The van der Waals surface area contributed by atoms with Gasteiger partial charge in [-0.15, -0.1) is 0 Å². The molecule has 0 spiro atoms. The maximum absolute atomic E-state index is 10.2. The number of hydrogen-bond donors (Lipinski definition) is 1. The number of benzene rings is 2. The SMILES string of the molecule is Oc1cc2c(cc1-c1nc(C3CCc4ccccc4C3)no1)OCO2. The van der Waals surface area contributed by atoms with Gasteiger partial charge in [-0.25, -0.2) is 0 Å². The molecule has 5 rings (SSSR count). The average molecular weight is 336 g/mol. The van der Waals surface area contributed by atoms with Gasteiger partial charge in [0.1, 0.15) is 5.75 Å². The van der Waals surface area contributed by atoms with Crippen LogP contribution in [0.5, 0.6) is 17.2 Å². The Morgan fingerprint density at radius 3 is 2.72 bits per heavy atom. The first kappa shape index (κ1) is 14.3. The predicted octanol–water partition coefficient (Wildman–Crippen LogP) is 3.44. The molecule has 25 heavy (non-hydrogen) atoms. The van der Waals surface area contributed by atoms with Gasteiger partial charge in [-0.3, -0.25) is 0 Å². The highest BCUT2D eigenvalue weighted by Crippen LogP contribution is 2.42. The average Bonchev–Trinajstić information content (AvgIpc) is 3.29. The van der Waals surface area contributed by atoms with Crippen molar-refractivity contribution >= 4 is 0 Å². The molecule has 0 saturated heterocycles. The number of nitrogens with zero attached hydrogens (tertiary/aromatic N) is 2. The normalized spacial score (nSPS) is 18.2. The molecule has 0 amide bonds. The van der Waals surface area contributed by atoms with Crippen LogP contribution in [0.25, 0.3) is 11.5 Å². The third kappa shape index (κ3) is 2.41. The summed E-state index contributed by atoms with van der Waals surface area (Å²) >= 11 is 0. The van der Waals surface area contributed by atoms with Crippen LogP contribution in [0, 0.1) is 0 Å². The topological polar surface area (TPSA) is 77.6 Å². The molecule has 1 aromatic heterocycles. The fourth-order valence-electron chi connectivity index (χ4n) is 3.53. The van der Waals surface area contributed by atoms with E-state index in [0.717, 1.165) is 19.3 Å². The zero-order chi connectivity index (χ0) is 16.8. The second-order valence-electron chi connectivity index (χ2n) is 6.39. The van der Waals surface area contributed by atoms with Crippen molar-refractivity contribution < 1.29 is 19.1 Å². The lowest BCUT2D eigenvalue weighted by Gasteiger charge is -2.21. The van der Waals surface area contributed by atoms with Crippen molar-refractivity contribution in [2.45, 2.75) is 25.2 Å². The van der Waals surface area contributed by atoms with Crippen molar-refractivity contribution in [2.75, 3.05) is 6.79 Å². The fourth-order valence-corrected chi connectivity index (χ4v) is 3.53. The molecular formula is C19H16N2O4. The van der Waals surface area contributed by atoms with E-state index in [1.807, 2.05) is 0 Å². The van der Waals surface area contributed by atoms with Gasteiger partial charge >= 0.3 is 0 Å². The summed E-state index contributed by atoms with van der Waals surface area (Å²) in [6.07, 6.45) is 2.91. The molecule has 3 aromatic rings. The molecule has 126 valence electrons. The van der Waals surface area contributed by atoms with Crippen molar-refractivity contribution in [2.24, 2.45) is 0 Å². The summed E-state index contributed by atoms with van der Waals surface area (Å²) in [5.41, 5.74) is 3.20. The molecule has 1 atom stereocenters. The number of phenols is 1. The number of aromatic nitrogens is 2. The summed E-state index contributed by atoms with van der Waals surface area (Å²) in [7, 11) is 0. The highest BCUT2D eigenvalue weighted by Gasteiger charge is 2.26. The van der Waals surface area contributed by atoms with Gasteiger partial charge < -0.3 is 19.1 Å². The molecule has 1 unspecified atom stereocenters. The zero-order valence-corrected chi connectivity index (χ0v) is 13.4. The maximum atomic E-state index is 10.2. The van der Waals surface area contributed by atoms with E-state index in [1.54, 1.807) is 6.07 Å². The van der Waals surface area contributed by atoms with Gasteiger partial charge in [0.05, 0.1) is 5.56 Å². The van der Waals surface area contributed by atoms with E-state index in [1.165, 1.54) is 17.2 Å². The molecule has 1 aliphatic heterocycles. The van der Waals surface area contributed by atoms with E-state index in [4.69, 9.17) is 14.0 Å². The monoisotopic (exact) mass is 336 g/mol. The van der Waals surface area contributed by atoms with Crippen LogP contribution in [0.3, 0.4) is 0 Å². The molecule has 1 aliphatic carbocycles. The van der Waals surface area contributed by atoms with Crippen LogP contribution in [0.2, 0.25) is 0 Å². The molecule has 2 aliphatic rings. The Hall–Kier alpha value is -3.02. The highest BCUT2D eigenvalue weighted by molar-refractivity contribution is 5.68. The minimum atomic E-state index is 0.0356. The van der Waals surface area contributed by atoms with Crippen LogP contribution in [-0.4, -0.2) is 22.0 Å². The van der Waals surface area contributed by atoms with Crippen LogP contribution in [0.4, 0.5) is 0 Å². The molecule has 1 N–H and O–H groups in total. The summed E-state index contributed by atoms with van der Waals surface area (Å²) in [5, 5.41) is 14.4. The van der Waals surface area contributed by atoms with Gasteiger partial charge in [0.2, 0.25) is 6.79 Å². The summed E-state index contributed by atoms with van der Waals surface area (Å²) in [4.78, 5) is 4.53. The number of aryl methyl sites for hydroxylation is 1. The van der Waals surface area contributed by atoms with E-state index >= 15 is 0 Å². The third-order valence-electron chi connectivity index (χ3n) is 4.88. The lowest BCUT2D eigenvalue weighted by Crippen LogP contribution is -2.13. The van der Waals surface area contributed by atoms with Crippen molar-refractivity contribution in [1.82, 2.24) is 10.1 Å². The predicted molar refractivity (Wildman–Crippen MR) is 88.7 cm³/mol. The molecule has 6 heteroatoms. The molecule has 0 radical (unpaired) electrons. The van der Waals surface area contributed by atoms with Gasteiger partial charge in [-0.2, -0.15) is 4.98 Å². The van der Waals surface area contributed by atoms with Crippen molar-refractivity contribution in [3.05, 3.63) is 53.3 Å².